The molecule has 0 heterocycles. The minimum absolute atomic E-state index is 0.131. The molecule has 0 fully saturated rings. The molecule has 2 aromatic carbocycles. The van der Waals surface area contributed by atoms with Crippen LogP contribution in [-0.4, -0.2) is 0 Å². The molecule has 0 saturated heterocycles. The molecule has 0 aliphatic rings. The summed E-state index contributed by atoms with van der Waals surface area (Å²) < 4.78 is 0. The Kier molecular flexibility index (Phi) is 5.32. The van der Waals surface area contributed by atoms with Gasteiger partial charge in [0.05, 0.1) is 10.0 Å². The maximum Gasteiger partial charge on any atom is 0.0639 e. The Morgan fingerprint density at radius 2 is 1.57 bits per heavy atom. The van der Waals surface area contributed by atoms with Crippen LogP contribution in [0.4, 0.5) is 0 Å². The number of nitrogens with one attached hydrogen (secondary N) is 1. The fourth-order valence-corrected chi connectivity index (χ4v) is 3.11. The van der Waals surface area contributed by atoms with Crippen LogP contribution in [0, 0.1) is 13.8 Å². The summed E-state index contributed by atoms with van der Waals surface area (Å²) in [5, 5.41) is 4.84. The molecule has 2 rings (SSSR count). The van der Waals surface area contributed by atoms with Crippen LogP contribution >= 0.6 is 23.2 Å². The highest BCUT2D eigenvalue weighted by Gasteiger charge is 2.16. The van der Waals surface area contributed by atoms with Crippen molar-refractivity contribution in [3.05, 3.63) is 68.7 Å². The van der Waals surface area contributed by atoms with E-state index in [1.807, 2.05) is 18.2 Å². The molecule has 0 aliphatic heterocycles. The van der Waals surface area contributed by atoms with Gasteiger partial charge in [0.25, 0.3) is 0 Å². The zero-order valence-electron chi connectivity index (χ0n) is 12.9. The summed E-state index contributed by atoms with van der Waals surface area (Å²) in [7, 11) is 0. The first-order valence-corrected chi connectivity index (χ1v) is 7.93. The second kappa shape index (κ2) is 6.83. The third-order valence-corrected chi connectivity index (χ3v) is 4.68. The average Bonchev–Trinajstić information content (AvgIpc) is 2.44. The van der Waals surface area contributed by atoms with Crippen molar-refractivity contribution in [1.29, 1.82) is 0 Å². The molecule has 0 aliphatic carbocycles. The molecule has 3 heteroatoms. The number of hydrogen-bond donors (Lipinski definition) is 1. The summed E-state index contributed by atoms with van der Waals surface area (Å²) >= 11 is 12.4. The Labute approximate surface area is 137 Å². The molecular weight excluding hydrogens is 301 g/mol. The van der Waals surface area contributed by atoms with Crippen LogP contribution in [0.2, 0.25) is 10.0 Å². The minimum atomic E-state index is 0.131. The lowest BCUT2D eigenvalue weighted by molar-refractivity contribution is 0.493. The monoisotopic (exact) mass is 321 g/mol. The summed E-state index contributed by atoms with van der Waals surface area (Å²) in [6.07, 6.45) is 0. The van der Waals surface area contributed by atoms with Crippen LogP contribution in [0.1, 0.15) is 48.2 Å². The van der Waals surface area contributed by atoms with Crippen molar-refractivity contribution in [1.82, 2.24) is 5.32 Å². The van der Waals surface area contributed by atoms with Crippen molar-refractivity contribution in [3.63, 3.8) is 0 Å². The fourth-order valence-electron chi connectivity index (χ4n) is 2.64. The van der Waals surface area contributed by atoms with E-state index in [9.17, 15) is 0 Å². The lowest BCUT2D eigenvalue weighted by Gasteiger charge is -2.23. The maximum atomic E-state index is 6.30. The molecule has 2 unspecified atom stereocenters. The van der Waals surface area contributed by atoms with Crippen LogP contribution in [0.3, 0.4) is 0 Å². The van der Waals surface area contributed by atoms with E-state index < -0.39 is 0 Å². The second-order valence-corrected chi connectivity index (χ2v) is 6.40. The molecule has 112 valence electrons. The first-order valence-electron chi connectivity index (χ1n) is 7.17. The van der Waals surface area contributed by atoms with Crippen molar-refractivity contribution in [2.45, 2.75) is 39.8 Å². The largest absolute Gasteiger partial charge is 0.304 e. The van der Waals surface area contributed by atoms with Crippen molar-refractivity contribution in [3.8, 4) is 0 Å². The van der Waals surface area contributed by atoms with Gasteiger partial charge in [-0.1, -0.05) is 59.1 Å². The number of benzene rings is 2. The zero-order valence-corrected chi connectivity index (χ0v) is 14.4. The highest BCUT2D eigenvalue weighted by molar-refractivity contribution is 6.42. The van der Waals surface area contributed by atoms with Gasteiger partial charge in [-0.15, -0.1) is 0 Å². The average molecular weight is 322 g/mol. The van der Waals surface area contributed by atoms with Gasteiger partial charge in [0.2, 0.25) is 0 Å². The molecule has 0 radical (unpaired) electrons. The van der Waals surface area contributed by atoms with E-state index in [-0.39, 0.29) is 12.1 Å². The first kappa shape index (κ1) is 16.4. The van der Waals surface area contributed by atoms with E-state index in [1.165, 1.54) is 16.7 Å². The van der Waals surface area contributed by atoms with Crippen molar-refractivity contribution in [2.75, 3.05) is 0 Å². The topological polar surface area (TPSA) is 12.0 Å². The van der Waals surface area contributed by atoms with Gasteiger partial charge in [-0.25, -0.2) is 0 Å². The molecule has 2 atom stereocenters. The van der Waals surface area contributed by atoms with Crippen molar-refractivity contribution >= 4 is 23.2 Å². The predicted molar refractivity (Wildman–Crippen MR) is 92.3 cm³/mol. The van der Waals surface area contributed by atoms with Crippen molar-refractivity contribution in [2.24, 2.45) is 0 Å². The van der Waals surface area contributed by atoms with Crippen molar-refractivity contribution < 1.29 is 0 Å². The number of aryl methyl sites for hydroxylation is 2. The Balaban J connectivity index is 2.21. The van der Waals surface area contributed by atoms with Gasteiger partial charge in [-0.3, -0.25) is 0 Å². The summed E-state index contributed by atoms with van der Waals surface area (Å²) in [5.74, 6) is 0. The molecule has 0 saturated carbocycles. The molecule has 1 N–H and O–H groups in total. The van der Waals surface area contributed by atoms with Gasteiger partial charge in [-0.05, 0) is 50.5 Å². The standard InChI is InChI=1S/C18H21Cl2N/c1-11-8-9-12(2)16(10-11)14(4)21-13(3)15-6-5-7-17(19)18(15)20/h5-10,13-14,21H,1-4H3. The lowest BCUT2D eigenvalue weighted by atomic mass is 9.98. The SMILES string of the molecule is Cc1ccc(C)c(C(C)NC(C)c2cccc(Cl)c2Cl)c1. The summed E-state index contributed by atoms with van der Waals surface area (Å²) in [6.45, 7) is 8.55. The highest BCUT2D eigenvalue weighted by Crippen LogP contribution is 2.31. The number of halogens is 2. The van der Waals surface area contributed by atoms with Gasteiger partial charge in [0.1, 0.15) is 0 Å². The summed E-state index contributed by atoms with van der Waals surface area (Å²) in [6, 6.07) is 12.7. The highest BCUT2D eigenvalue weighted by atomic mass is 35.5. The fraction of sp³-hybridized carbons (Fsp3) is 0.333. The molecule has 1 nitrogen and oxygen atoms in total. The van der Waals surface area contributed by atoms with Crippen LogP contribution in [-0.2, 0) is 0 Å². The van der Waals surface area contributed by atoms with Gasteiger partial charge in [-0.2, -0.15) is 0 Å². The Morgan fingerprint density at radius 1 is 0.905 bits per heavy atom. The third kappa shape index (κ3) is 3.79. The molecule has 2 aromatic rings. The van der Waals surface area contributed by atoms with E-state index in [1.54, 1.807) is 0 Å². The van der Waals surface area contributed by atoms with Gasteiger partial charge >= 0.3 is 0 Å². The summed E-state index contributed by atoms with van der Waals surface area (Å²) in [5.41, 5.74) is 4.92. The van der Waals surface area contributed by atoms with Crippen LogP contribution in [0.25, 0.3) is 0 Å². The second-order valence-electron chi connectivity index (χ2n) is 5.61. The predicted octanol–water partition coefficient (Wildman–Crippen LogP) is 6.02. The third-order valence-electron chi connectivity index (χ3n) is 3.85. The quantitative estimate of drug-likeness (QED) is 0.725. The van der Waals surface area contributed by atoms with Gasteiger partial charge in [0, 0.05) is 12.1 Å². The number of hydrogen-bond acceptors (Lipinski definition) is 1. The molecular formula is C18H21Cl2N. The molecule has 0 aromatic heterocycles. The minimum Gasteiger partial charge on any atom is -0.304 e. The van der Waals surface area contributed by atoms with E-state index >= 15 is 0 Å². The Morgan fingerprint density at radius 3 is 2.29 bits per heavy atom. The number of rotatable bonds is 4. The van der Waals surface area contributed by atoms with Crippen LogP contribution in [0.15, 0.2) is 36.4 Å². The smallest absolute Gasteiger partial charge is 0.0639 e. The van der Waals surface area contributed by atoms with E-state index in [0.29, 0.717) is 10.0 Å². The normalized spacial score (nSPS) is 14.0. The Bertz CT molecular complexity index is 631. The van der Waals surface area contributed by atoms with E-state index in [0.717, 1.165) is 5.56 Å². The Hall–Kier alpha value is -1.02. The van der Waals surface area contributed by atoms with E-state index in [2.05, 4.69) is 51.2 Å². The molecule has 0 spiro atoms. The van der Waals surface area contributed by atoms with E-state index in [4.69, 9.17) is 23.2 Å². The first-order chi connectivity index (χ1) is 9.90. The molecule has 21 heavy (non-hydrogen) atoms. The van der Waals surface area contributed by atoms with Crippen LogP contribution < -0.4 is 5.32 Å². The molecule has 0 bridgehead atoms. The van der Waals surface area contributed by atoms with Gasteiger partial charge < -0.3 is 5.32 Å². The lowest BCUT2D eigenvalue weighted by Crippen LogP contribution is -2.23. The molecule has 0 amide bonds. The zero-order chi connectivity index (χ0) is 15.6. The van der Waals surface area contributed by atoms with Gasteiger partial charge in [0.15, 0.2) is 0 Å². The summed E-state index contributed by atoms with van der Waals surface area (Å²) in [4.78, 5) is 0. The maximum absolute atomic E-state index is 6.30. The van der Waals surface area contributed by atoms with Crippen LogP contribution in [0.5, 0.6) is 0 Å².